The second kappa shape index (κ2) is 13.2. The van der Waals surface area contributed by atoms with Gasteiger partial charge in [0.2, 0.25) is 17.8 Å². The Morgan fingerprint density at radius 3 is 2.58 bits per heavy atom. The molecule has 45 heavy (non-hydrogen) atoms. The van der Waals surface area contributed by atoms with Gasteiger partial charge in [-0.1, -0.05) is 35.9 Å². The van der Waals surface area contributed by atoms with E-state index in [1.165, 1.54) is 0 Å². The van der Waals surface area contributed by atoms with E-state index in [1.807, 2.05) is 48.2 Å². The number of nitrogen functional groups attached to an aromatic ring is 2. The lowest BCUT2D eigenvalue weighted by atomic mass is 9.96. The number of methoxy groups -OCH3 is 1. The lowest BCUT2D eigenvalue weighted by molar-refractivity contribution is 0.122. The first-order chi connectivity index (χ1) is 21.9. The Balaban J connectivity index is 1.32. The van der Waals surface area contributed by atoms with Gasteiger partial charge in [-0.3, -0.25) is 0 Å². The third-order valence-corrected chi connectivity index (χ3v) is 7.35. The summed E-state index contributed by atoms with van der Waals surface area (Å²) in [6.07, 6.45) is 0.512. The van der Waals surface area contributed by atoms with Crippen LogP contribution in [0, 0.1) is 6.92 Å². The zero-order chi connectivity index (χ0) is 31.3. The molecule has 0 aliphatic carbocycles. The largest absolute Gasteiger partial charge is 0.493 e. The second-order valence-corrected chi connectivity index (χ2v) is 10.5. The van der Waals surface area contributed by atoms with Crippen molar-refractivity contribution < 1.29 is 19.3 Å². The highest BCUT2D eigenvalue weighted by Gasteiger charge is 2.26. The van der Waals surface area contributed by atoms with Crippen molar-refractivity contribution in [1.82, 2.24) is 24.9 Å². The quantitative estimate of drug-likeness (QED) is 0.184. The number of aryl methyl sites for hydroxylation is 1. The number of aliphatic hydroxyl groups excluding tert-OH is 1. The number of rotatable bonds is 9. The van der Waals surface area contributed by atoms with Gasteiger partial charge in [0.25, 0.3) is 0 Å². The summed E-state index contributed by atoms with van der Waals surface area (Å²) in [5.74, 6) is 2.29. The minimum Gasteiger partial charge on any atom is -0.493 e. The number of nitrogens with zero attached hydrogens (tertiary/aromatic N) is 7. The molecule has 0 radical (unpaired) electrons. The van der Waals surface area contributed by atoms with Crippen molar-refractivity contribution in [2.24, 2.45) is 4.99 Å². The number of ether oxygens (including phenoxy) is 3. The predicted octanol–water partition coefficient (Wildman–Crippen LogP) is 2.85. The van der Waals surface area contributed by atoms with Crippen molar-refractivity contribution in [2.45, 2.75) is 19.4 Å². The summed E-state index contributed by atoms with van der Waals surface area (Å²) >= 11 is 0. The van der Waals surface area contributed by atoms with Crippen molar-refractivity contribution in [3.8, 4) is 17.5 Å². The summed E-state index contributed by atoms with van der Waals surface area (Å²) in [4.78, 5) is 28.9. The molecule has 2 aliphatic rings. The molecule has 1 unspecified atom stereocenters. The molecule has 1 fully saturated rings. The van der Waals surface area contributed by atoms with Crippen LogP contribution in [0.25, 0.3) is 0 Å². The highest BCUT2D eigenvalue weighted by molar-refractivity contribution is 6.04. The Labute approximate surface area is 259 Å². The number of nitrogens with one attached hydrogen (secondary N) is 2. The molecule has 2 aliphatic heterocycles. The zero-order valence-electron chi connectivity index (χ0n) is 25.0. The number of anilines is 5. The normalized spacial score (nSPS) is 16.2. The maximum Gasteiger partial charge on any atom is 0.328 e. The number of benzene rings is 2. The molecule has 4 aromatic rings. The van der Waals surface area contributed by atoms with Gasteiger partial charge in [-0.05, 0) is 30.2 Å². The van der Waals surface area contributed by atoms with E-state index in [0.717, 1.165) is 22.4 Å². The Kier molecular flexibility index (Phi) is 8.70. The highest BCUT2D eigenvalue weighted by Crippen LogP contribution is 2.40. The molecule has 1 saturated heterocycles. The van der Waals surface area contributed by atoms with E-state index < -0.39 is 0 Å². The van der Waals surface area contributed by atoms with Crippen LogP contribution in [0.5, 0.6) is 17.5 Å². The average molecular weight is 614 g/mol. The van der Waals surface area contributed by atoms with Gasteiger partial charge in [0, 0.05) is 26.1 Å². The van der Waals surface area contributed by atoms with Gasteiger partial charge >= 0.3 is 6.01 Å². The van der Waals surface area contributed by atoms with E-state index in [0.29, 0.717) is 61.7 Å². The lowest BCUT2D eigenvalue weighted by Crippen LogP contribution is -2.37. The van der Waals surface area contributed by atoms with Gasteiger partial charge in [0.1, 0.15) is 5.69 Å². The topological polar surface area (TPSA) is 204 Å². The fraction of sp³-hybridized carbons (Fsp3) is 0.333. The lowest BCUT2D eigenvalue weighted by Gasteiger charge is -2.27. The van der Waals surface area contributed by atoms with Crippen LogP contribution in [0.3, 0.4) is 0 Å². The molecule has 2 aromatic carbocycles. The minimum atomic E-state index is -0.276. The monoisotopic (exact) mass is 613 g/mol. The van der Waals surface area contributed by atoms with Crippen LogP contribution in [-0.4, -0.2) is 82.3 Å². The molecule has 0 saturated carbocycles. The molecule has 234 valence electrons. The molecule has 0 spiro atoms. The van der Waals surface area contributed by atoms with E-state index in [1.54, 1.807) is 13.2 Å². The summed E-state index contributed by atoms with van der Waals surface area (Å²) in [6, 6.07) is 13.6. The molecule has 2 aromatic heterocycles. The van der Waals surface area contributed by atoms with E-state index in [-0.39, 0.29) is 42.9 Å². The number of hydrogen-bond acceptors (Lipinski definition) is 15. The number of aliphatic hydroxyl groups is 1. The number of aliphatic imine (C=N–C) groups is 1. The van der Waals surface area contributed by atoms with Gasteiger partial charge in [-0.25, -0.2) is 4.99 Å². The second-order valence-electron chi connectivity index (χ2n) is 10.5. The SMILES string of the molecule is COc1cc(C2CC(c3ccc(C)cc3)=Nc3c(N)nc(N)nc3N2)ccc1Oc1nc(NCCO)nc(N2CCOCC2)n1. The summed E-state index contributed by atoms with van der Waals surface area (Å²) in [5.41, 5.74) is 16.4. The number of hydrogen-bond donors (Lipinski definition) is 5. The molecular weight excluding hydrogens is 578 g/mol. The minimum absolute atomic E-state index is 0.0504. The highest BCUT2D eigenvalue weighted by atomic mass is 16.5. The van der Waals surface area contributed by atoms with Crippen molar-refractivity contribution in [1.29, 1.82) is 0 Å². The van der Waals surface area contributed by atoms with Gasteiger partial charge in [-0.15, -0.1) is 0 Å². The molecule has 15 heteroatoms. The van der Waals surface area contributed by atoms with Gasteiger partial charge in [0.05, 0.1) is 38.7 Å². The fourth-order valence-electron chi connectivity index (χ4n) is 5.05. The smallest absolute Gasteiger partial charge is 0.328 e. The van der Waals surface area contributed by atoms with Crippen molar-refractivity contribution in [3.63, 3.8) is 0 Å². The molecular formula is C30H35N11O4. The number of nitrogens with two attached hydrogens (primary N) is 2. The van der Waals surface area contributed by atoms with Crippen LogP contribution >= 0.6 is 0 Å². The number of fused-ring (bicyclic) bond motifs is 1. The molecule has 0 amide bonds. The summed E-state index contributed by atoms with van der Waals surface area (Å²) < 4.78 is 17.4. The molecule has 0 bridgehead atoms. The Morgan fingerprint density at radius 2 is 1.82 bits per heavy atom. The van der Waals surface area contributed by atoms with Crippen molar-refractivity contribution in [3.05, 3.63) is 59.2 Å². The standard InChI is InChI=1S/C30H35N11O4/c1-17-3-5-18(6-4-17)20-16-21(35-26-24(34-20)25(31)36-27(32)37-26)19-7-8-22(23(15-19)43-2)45-30-39-28(33-9-12-42)38-29(40-30)41-10-13-44-14-11-41/h3-8,15,21,42H,9-14,16H2,1-2H3,(H,33,38,39,40)(H5,31,32,35,36,37). The molecule has 1 atom stereocenters. The van der Waals surface area contributed by atoms with Crippen LogP contribution in [0.4, 0.5) is 35.2 Å². The van der Waals surface area contributed by atoms with Gasteiger partial charge in [0.15, 0.2) is 23.1 Å². The third-order valence-electron chi connectivity index (χ3n) is 7.35. The Hall–Kier alpha value is -5.28. The number of morpholine rings is 1. The van der Waals surface area contributed by atoms with Crippen molar-refractivity contribution in [2.75, 3.05) is 73.6 Å². The van der Waals surface area contributed by atoms with Crippen LogP contribution in [0.2, 0.25) is 0 Å². The molecule has 15 nitrogen and oxygen atoms in total. The maximum absolute atomic E-state index is 9.30. The first kappa shape index (κ1) is 29.8. The first-order valence-corrected chi connectivity index (χ1v) is 14.5. The van der Waals surface area contributed by atoms with E-state index in [9.17, 15) is 5.11 Å². The van der Waals surface area contributed by atoms with E-state index in [4.69, 9.17) is 30.7 Å². The number of aromatic nitrogens is 5. The Morgan fingerprint density at radius 1 is 1.02 bits per heavy atom. The van der Waals surface area contributed by atoms with Gasteiger partial charge < -0.3 is 46.3 Å². The summed E-state index contributed by atoms with van der Waals surface area (Å²) in [6.45, 7) is 4.64. The van der Waals surface area contributed by atoms with E-state index in [2.05, 4.69) is 35.6 Å². The van der Waals surface area contributed by atoms with Crippen LogP contribution in [0.1, 0.15) is 29.2 Å². The van der Waals surface area contributed by atoms with Gasteiger partial charge in [-0.2, -0.15) is 24.9 Å². The predicted molar refractivity (Wildman–Crippen MR) is 171 cm³/mol. The summed E-state index contributed by atoms with van der Waals surface area (Å²) in [5, 5.41) is 15.8. The first-order valence-electron chi connectivity index (χ1n) is 14.5. The molecule has 7 N–H and O–H groups in total. The maximum atomic E-state index is 9.30. The molecule has 6 rings (SSSR count). The summed E-state index contributed by atoms with van der Waals surface area (Å²) in [7, 11) is 1.57. The van der Waals surface area contributed by atoms with Crippen LogP contribution in [-0.2, 0) is 4.74 Å². The average Bonchev–Trinajstić information content (AvgIpc) is 3.25. The third kappa shape index (κ3) is 6.78. The van der Waals surface area contributed by atoms with Crippen LogP contribution in [0.15, 0.2) is 47.5 Å². The van der Waals surface area contributed by atoms with E-state index >= 15 is 0 Å². The molecule has 4 heterocycles. The zero-order valence-corrected chi connectivity index (χ0v) is 25.0. The van der Waals surface area contributed by atoms with Crippen LogP contribution < -0.4 is 36.5 Å². The fourth-order valence-corrected chi connectivity index (χ4v) is 5.05. The van der Waals surface area contributed by atoms with Crippen molar-refractivity contribution >= 4 is 40.9 Å². The Bertz CT molecular complexity index is 1690.